The van der Waals surface area contributed by atoms with Crippen molar-refractivity contribution < 1.29 is 14.7 Å². The Hall–Kier alpha value is -1.10. The van der Waals surface area contributed by atoms with Gasteiger partial charge >= 0.3 is 5.97 Å². The summed E-state index contributed by atoms with van der Waals surface area (Å²) in [6, 6.07) is 0.276. The van der Waals surface area contributed by atoms with Gasteiger partial charge in [0.05, 0.1) is 6.54 Å². The molecule has 2 atom stereocenters. The Morgan fingerprint density at radius 3 is 2.71 bits per heavy atom. The summed E-state index contributed by atoms with van der Waals surface area (Å²) in [4.78, 5) is 24.7. The normalized spacial score (nSPS) is 25.9. The summed E-state index contributed by atoms with van der Waals surface area (Å²) in [5.74, 6) is -1.03. The minimum atomic E-state index is -1.02. The minimum absolute atomic E-state index is 0.118. The molecule has 0 spiro atoms. The van der Waals surface area contributed by atoms with Crippen LogP contribution in [0.25, 0.3) is 0 Å². The molecule has 0 aromatic carbocycles. The van der Waals surface area contributed by atoms with Gasteiger partial charge in [-0.15, -0.1) is 0 Å². The lowest BCUT2D eigenvalue weighted by Gasteiger charge is -2.31. The molecule has 0 aliphatic carbocycles. The number of carbonyl (C=O) groups excluding carboxylic acids is 1. The van der Waals surface area contributed by atoms with Gasteiger partial charge in [0.1, 0.15) is 5.54 Å². The van der Waals surface area contributed by atoms with Crippen LogP contribution in [0, 0.1) is 0 Å². The largest absolute Gasteiger partial charge is 0.480 e. The van der Waals surface area contributed by atoms with Gasteiger partial charge in [0.25, 0.3) is 0 Å². The molecule has 1 rings (SSSR count). The molecule has 17 heavy (non-hydrogen) atoms. The number of nitrogens with zero attached hydrogens (tertiary/aromatic N) is 1. The number of carboxylic acids is 1. The molecule has 0 saturated carbocycles. The lowest BCUT2D eigenvalue weighted by atomic mass is 9.99. The molecule has 5 nitrogen and oxygen atoms in total. The maximum atomic E-state index is 12.0. The molecule has 0 aromatic heterocycles. The number of hydrogen-bond donors (Lipinski definition) is 2. The Bertz CT molecular complexity index is 306. The maximum absolute atomic E-state index is 12.0. The van der Waals surface area contributed by atoms with E-state index in [1.807, 2.05) is 13.8 Å². The molecule has 5 heteroatoms. The lowest BCUT2D eigenvalue weighted by molar-refractivity contribution is -0.155. The topological polar surface area (TPSA) is 69.6 Å². The maximum Gasteiger partial charge on any atom is 0.329 e. The molecule has 1 fully saturated rings. The number of amides is 1. The summed E-state index contributed by atoms with van der Waals surface area (Å²) >= 11 is 0. The molecule has 0 radical (unpaired) electrons. The van der Waals surface area contributed by atoms with Crippen molar-refractivity contribution in [3.8, 4) is 0 Å². The van der Waals surface area contributed by atoms with Gasteiger partial charge in [0, 0.05) is 12.6 Å². The van der Waals surface area contributed by atoms with E-state index in [0.717, 1.165) is 12.8 Å². The molecule has 0 bridgehead atoms. The van der Waals surface area contributed by atoms with Gasteiger partial charge in [-0.05, 0) is 33.1 Å². The van der Waals surface area contributed by atoms with Crippen LogP contribution in [0.2, 0.25) is 0 Å². The van der Waals surface area contributed by atoms with Gasteiger partial charge in [0.15, 0.2) is 0 Å². The second kappa shape index (κ2) is 5.49. The van der Waals surface area contributed by atoms with E-state index in [1.54, 1.807) is 6.92 Å². The summed E-state index contributed by atoms with van der Waals surface area (Å²) in [6.45, 7) is 6.44. The van der Waals surface area contributed by atoms with E-state index >= 15 is 0 Å². The van der Waals surface area contributed by atoms with E-state index in [4.69, 9.17) is 0 Å². The molecule has 2 N–H and O–H groups in total. The van der Waals surface area contributed by atoms with Gasteiger partial charge in [-0.2, -0.15) is 0 Å². The highest BCUT2D eigenvalue weighted by atomic mass is 16.4. The number of likely N-dealkylation sites (tertiary alicyclic amines) is 1. The Morgan fingerprint density at radius 1 is 1.53 bits per heavy atom. The van der Waals surface area contributed by atoms with Crippen LogP contribution < -0.4 is 5.32 Å². The number of rotatable bonds is 5. The first kappa shape index (κ1) is 14.0. The van der Waals surface area contributed by atoms with Gasteiger partial charge in [-0.1, -0.05) is 6.92 Å². The highest BCUT2D eigenvalue weighted by Gasteiger charge is 2.45. The number of nitrogens with one attached hydrogen (secondary N) is 1. The molecule has 1 amide bonds. The van der Waals surface area contributed by atoms with E-state index in [-0.39, 0.29) is 18.5 Å². The zero-order chi connectivity index (χ0) is 13.1. The summed E-state index contributed by atoms with van der Waals surface area (Å²) in [5.41, 5.74) is -1.02. The molecule has 2 unspecified atom stereocenters. The molecular formula is C12H22N2O3. The summed E-state index contributed by atoms with van der Waals surface area (Å²) in [6.07, 6.45) is 2.25. The highest BCUT2D eigenvalue weighted by Crippen LogP contribution is 2.29. The molecule has 1 aliphatic rings. The quantitative estimate of drug-likeness (QED) is 0.749. The van der Waals surface area contributed by atoms with Gasteiger partial charge in [0.2, 0.25) is 5.91 Å². The van der Waals surface area contributed by atoms with Crippen LogP contribution in [0.15, 0.2) is 0 Å². The van der Waals surface area contributed by atoms with Crippen LogP contribution in [-0.2, 0) is 9.59 Å². The third-order valence-corrected chi connectivity index (χ3v) is 3.62. The highest BCUT2D eigenvalue weighted by molar-refractivity contribution is 5.88. The Kier molecular flexibility index (Phi) is 4.51. The lowest BCUT2D eigenvalue weighted by Crippen LogP contribution is -2.53. The van der Waals surface area contributed by atoms with E-state index in [2.05, 4.69) is 5.32 Å². The Balaban J connectivity index is 2.60. The molecule has 1 heterocycles. The van der Waals surface area contributed by atoms with E-state index in [9.17, 15) is 14.7 Å². The number of carbonyl (C=O) groups is 2. The molecular weight excluding hydrogens is 220 g/mol. The first-order valence-corrected chi connectivity index (χ1v) is 6.19. The fourth-order valence-electron chi connectivity index (χ4n) is 2.09. The predicted octanol–water partition coefficient (Wildman–Crippen LogP) is 0.840. The fraction of sp³-hybridized carbons (Fsp3) is 0.833. The molecule has 98 valence electrons. The monoisotopic (exact) mass is 242 g/mol. The van der Waals surface area contributed by atoms with Gasteiger partial charge < -0.3 is 15.3 Å². The van der Waals surface area contributed by atoms with Crippen LogP contribution in [0.4, 0.5) is 0 Å². The number of hydrogen-bond acceptors (Lipinski definition) is 3. The van der Waals surface area contributed by atoms with Crippen molar-refractivity contribution in [2.75, 3.05) is 13.1 Å². The average molecular weight is 242 g/mol. The van der Waals surface area contributed by atoms with Crippen molar-refractivity contribution in [1.29, 1.82) is 0 Å². The van der Waals surface area contributed by atoms with Crippen molar-refractivity contribution in [3.63, 3.8) is 0 Å². The number of aliphatic carboxylic acids is 1. The van der Waals surface area contributed by atoms with Gasteiger partial charge in [-0.25, -0.2) is 4.79 Å². The van der Waals surface area contributed by atoms with Crippen LogP contribution in [0.1, 0.15) is 40.0 Å². The third-order valence-electron chi connectivity index (χ3n) is 3.62. The second-order valence-corrected chi connectivity index (χ2v) is 4.92. The van der Waals surface area contributed by atoms with Crippen molar-refractivity contribution in [2.24, 2.45) is 0 Å². The standard InChI is InChI=1S/C12H22N2O3/c1-4-9(2)13-8-10(15)14-7-5-6-12(14,3)11(16)17/h9,13H,4-8H2,1-3H3,(H,16,17). The zero-order valence-corrected chi connectivity index (χ0v) is 10.8. The van der Waals surface area contributed by atoms with Crippen LogP contribution >= 0.6 is 0 Å². The predicted molar refractivity (Wildman–Crippen MR) is 64.7 cm³/mol. The minimum Gasteiger partial charge on any atom is -0.480 e. The Morgan fingerprint density at radius 2 is 2.18 bits per heavy atom. The summed E-state index contributed by atoms with van der Waals surface area (Å²) in [7, 11) is 0. The SMILES string of the molecule is CCC(C)NCC(=O)N1CCCC1(C)C(=O)O. The van der Waals surface area contributed by atoms with E-state index < -0.39 is 11.5 Å². The summed E-state index contributed by atoms with van der Waals surface area (Å²) in [5, 5.41) is 12.3. The van der Waals surface area contributed by atoms with Crippen molar-refractivity contribution in [3.05, 3.63) is 0 Å². The third kappa shape index (κ3) is 2.97. The van der Waals surface area contributed by atoms with E-state index in [1.165, 1.54) is 4.90 Å². The second-order valence-electron chi connectivity index (χ2n) is 4.92. The first-order chi connectivity index (χ1) is 7.91. The smallest absolute Gasteiger partial charge is 0.329 e. The van der Waals surface area contributed by atoms with Crippen molar-refractivity contribution in [1.82, 2.24) is 10.2 Å². The van der Waals surface area contributed by atoms with Gasteiger partial charge in [-0.3, -0.25) is 4.79 Å². The fourth-order valence-corrected chi connectivity index (χ4v) is 2.09. The molecule has 1 saturated heterocycles. The Labute approximate surface area is 102 Å². The molecule has 0 aromatic rings. The average Bonchev–Trinajstić information content (AvgIpc) is 2.69. The van der Waals surface area contributed by atoms with Crippen molar-refractivity contribution in [2.45, 2.75) is 51.6 Å². The van der Waals surface area contributed by atoms with Crippen LogP contribution in [-0.4, -0.2) is 46.6 Å². The van der Waals surface area contributed by atoms with E-state index in [0.29, 0.717) is 13.0 Å². The zero-order valence-electron chi connectivity index (χ0n) is 10.8. The summed E-state index contributed by atoms with van der Waals surface area (Å²) < 4.78 is 0. The van der Waals surface area contributed by atoms with Crippen molar-refractivity contribution >= 4 is 11.9 Å². The molecule has 1 aliphatic heterocycles. The van der Waals surface area contributed by atoms with Crippen LogP contribution in [0.5, 0.6) is 0 Å². The van der Waals surface area contributed by atoms with Crippen LogP contribution in [0.3, 0.4) is 0 Å². The number of carboxylic acid groups (broad SMARTS) is 1. The first-order valence-electron chi connectivity index (χ1n) is 6.19.